The third kappa shape index (κ3) is 6.51. The number of imide groups is 1. The predicted molar refractivity (Wildman–Crippen MR) is 147 cm³/mol. The molecule has 0 spiro atoms. The molecule has 0 aliphatic carbocycles. The Bertz CT molecular complexity index is 1200. The van der Waals surface area contributed by atoms with E-state index in [9.17, 15) is 9.59 Å². The standard InChI is InChI=1S/C29H38N6O3/c1-6-22(7-2)26(35-20-30-19-31-35)23-10-14-25(15-11-23)32-24-12-8-21(9-13-24)18-33-16-17-34(27(33)36)28(37)38-29(3,4)5/h8-15,19-20,22,26,32H,6-7,16-18H2,1-5H3. The Kier molecular flexibility index (Phi) is 8.34. The normalized spacial score (nSPS) is 14.7. The molecule has 0 bridgehead atoms. The predicted octanol–water partition coefficient (Wildman–Crippen LogP) is 6.22. The van der Waals surface area contributed by atoms with Crippen molar-refractivity contribution in [3.63, 3.8) is 0 Å². The van der Waals surface area contributed by atoms with Crippen LogP contribution in [0.15, 0.2) is 61.2 Å². The lowest BCUT2D eigenvalue weighted by Gasteiger charge is -2.26. The van der Waals surface area contributed by atoms with E-state index in [0.29, 0.717) is 25.6 Å². The van der Waals surface area contributed by atoms with Crippen molar-refractivity contribution in [3.05, 3.63) is 72.3 Å². The number of benzene rings is 2. The highest BCUT2D eigenvalue weighted by molar-refractivity contribution is 5.92. The van der Waals surface area contributed by atoms with Crippen molar-refractivity contribution in [2.75, 3.05) is 18.4 Å². The summed E-state index contributed by atoms with van der Waals surface area (Å²) in [5.74, 6) is 0.474. The van der Waals surface area contributed by atoms with Gasteiger partial charge in [0.05, 0.1) is 12.6 Å². The number of hydrogen-bond acceptors (Lipinski definition) is 6. The minimum Gasteiger partial charge on any atom is -0.443 e. The summed E-state index contributed by atoms with van der Waals surface area (Å²) in [7, 11) is 0. The topological polar surface area (TPSA) is 92.6 Å². The van der Waals surface area contributed by atoms with Gasteiger partial charge in [0.1, 0.15) is 18.3 Å². The molecule has 0 radical (unpaired) electrons. The summed E-state index contributed by atoms with van der Waals surface area (Å²) in [4.78, 5) is 32.0. The van der Waals surface area contributed by atoms with E-state index in [1.165, 1.54) is 10.5 Å². The average molecular weight is 519 g/mol. The van der Waals surface area contributed by atoms with Gasteiger partial charge >= 0.3 is 12.1 Å². The summed E-state index contributed by atoms with van der Waals surface area (Å²) in [6.07, 6.45) is 4.92. The van der Waals surface area contributed by atoms with Crippen molar-refractivity contribution in [3.8, 4) is 0 Å². The number of aromatic nitrogens is 3. The van der Waals surface area contributed by atoms with Crippen molar-refractivity contribution >= 4 is 23.5 Å². The zero-order valence-corrected chi connectivity index (χ0v) is 22.9. The van der Waals surface area contributed by atoms with Crippen molar-refractivity contribution in [1.29, 1.82) is 0 Å². The van der Waals surface area contributed by atoms with Gasteiger partial charge in [0.25, 0.3) is 0 Å². The fraction of sp³-hybridized carbons (Fsp3) is 0.448. The first-order chi connectivity index (χ1) is 18.2. The number of carbonyl (C=O) groups is 2. The van der Waals surface area contributed by atoms with Crippen LogP contribution in [0.2, 0.25) is 0 Å². The molecule has 1 unspecified atom stereocenters. The molecule has 0 saturated carbocycles. The van der Waals surface area contributed by atoms with Crippen LogP contribution in [0.1, 0.15) is 64.6 Å². The summed E-state index contributed by atoms with van der Waals surface area (Å²) in [5.41, 5.74) is 3.51. The minimum absolute atomic E-state index is 0.153. The van der Waals surface area contributed by atoms with Gasteiger partial charge < -0.3 is 15.0 Å². The van der Waals surface area contributed by atoms with Gasteiger partial charge in [0, 0.05) is 24.5 Å². The van der Waals surface area contributed by atoms with E-state index in [1.54, 1.807) is 38.3 Å². The number of nitrogens with one attached hydrogen (secondary N) is 1. The number of hydrogen-bond donors (Lipinski definition) is 1. The molecule has 2 heterocycles. The molecule has 1 aromatic heterocycles. The molecular formula is C29H38N6O3. The Morgan fingerprint density at radius 1 is 1.00 bits per heavy atom. The molecule has 3 aromatic rings. The monoisotopic (exact) mass is 518 g/mol. The maximum Gasteiger partial charge on any atom is 0.418 e. The quantitative estimate of drug-likeness (QED) is 0.361. The van der Waals surface area contributed by atoms with E-state index < -0.39 is 11.7 Å². The van der Waals surface area contributed by atoms with Gasteiger partial charge in [-0.15, -0.1) is 0 Å². The zero-order chi connectivity index (χ0) is 27.3. The van der Waals surface area contributed by atoms with Gasteiger partial charge in [-0.3, -0.25) is 0 Å². The van der Waals surface area contributed by atoms with Crippen molar-refractivity contribution in [1.82, 2.24) is 24.6 Å². The zero-order valence-electron chi connectivity index (χ0n) is 22.9. The number of nitrogens with zero attached hydrogens (tertiary/aromatic N) is 5. The molecular weight excluding hydrogens is 480 g/mol. The number of ether oxygens (including phenoxy) is 1. The van der Waals surface area contributed by atoms with Gasteiger partial charge in [0.15, 0.2) is 0 Å². The van der Waals surface area contributed by atoms with Gasteiger partial charge in [-0.05, 0) is 62.1 Å². The molecule has 38 heavy (non-hydrogen) atoms. The summed E-state index contributed by atoms with van der Waals surface area (Å²) in [5, 5.41) is 7.87. The van der Waals surface area contributed by atoms with Crippen molar-refractivity contribution < 1.29 is 14.3 Å². The second kappa shape index (κ2) is 11.7. The largest absolute Gasteiger partial charge is 0.443 e. The summed E-state index contributed by atoms with van der Waals surface area (Å²) in [6, 6.07) is 16.3. The Balaban J connectivity index is 1.36. The van der Waals surface area contributed by atoms with E-state index in [4.69, 9.17) is 4.74 Å². The van der Waals surface area contributed by atoms with E-state index in [1.807, 2.05) is 28.9 Å². The molecule has 1 N–H and O–H groups in total. The van der Waals surface area contributed by atoms with Crippen LogP contribution in [0.3, 0.4) is 0 Å². The van der Waals surface area contributed by atoms with Crippen LogP contribution in [-0.4, -0.2) is 55.4 Å². The van der Waals surface area contributed by atoms with Gasteiger partial charge in [0.2, 0.25) is 0 Å². The lowest BCUT2D eigenvalue weighted by atomic mass is 9.89. The van der Waals surface area contributed by atoms with Crippen LogP contribution in [0.25, 0.3) is 0 Å². The Hall–Kier alpha value is -3.88. The first-order valence-electron chi connectivity index (χ1n) is 13.3. The third-order valence-electron chi connectivity index (χ3n) is 6.79. The molecule has 1 aliphatic rings. The number of carbonyl (C=O) groups excluding carboxylic acids is 2. The van der Waals surface area contributed by atoms with Crippen LogP contribution in [0, 0.1) is 5.92 Å². The van der Waals surface area contributed by atoms with Crippen molar-refractivity contribution in [2.24, 2.45) is 5.92 Å². The number of urea groups is 1. The van der Waals surface area contributed by atoms with Crippen LogP contribution in [0.4, 0.5) is 21.0 Å². The third-order valence-corrected chi connectivity index (χ3v) is 6.79. The molecule has 4 rings (SSSR count). The van der Waals surface area contributed by atoms with Gasteiger partial charge in [-0.1, -0.05) is 51.0 Å². The first kappa shape index (κ1) is 27.2. The molecule has 2 aromatic carbocycles. The molecule has 1 aliphatic heterocycles. The van der Waals surface area contributed by atoms with E-state index in [-0.39, 0.29) is 12.1 Å². The summed E-state index contributed by atoms with van der Waals surface area (Å²) < 4.78 is 7.30. The Morgan fingerprint density at radius 3 is 2.18 bits per heavy atom. The Morgan fingerprint density at radius 2 is 1.63 bits per heavy atom. The molecule has 9 heteroatoms. The highest BCUT2D eigenvalue weighted by atomic mass is 16.6. The first-order valence-corrected chi connectivity index (χ1v) is 13.3. The van der Waals surface area contributed by atoms with Crippen LogP contribution in [0.5, 0.6) is 0 Å². The maximum atomic E-state index is 12.7. The highest BCUT2D eigenvalue weighted by Crippen LogP contribution is 2.31. The molecule has 3 amide bonds. The highest BCUT2D eigenvalue weighted by Gasteiger charge is 2.35. The van der Waals surface area contributed by atoms with Crippen LogP contribution < -0.4 is 5.32 Å². The molecule has 1 saturated heterocycles. The maximum absolute atomic E-state index is 12.7. The molecule has 9 nitrogen and oxygen atoms in total. The minimum atomic E-state index is -0.639. The van der Waals surface area contributed by atoms with Crippen LogP contribution >= 0.6 is 0 Å². The molecule has 1 atom stereocenters. The summed E-state index contributed by atoms with van der Waals surface area (Å²) >= 11 is 0. The van der Waals surface area contributed by atoms with Gasteiger partial charge in [-0.25, -0.2) is 24.2 Å². The Labute approximate surface area is 224 Å². The lowest BCUT2D eigenvalue weighted by Crippen LogP contribution is -2.39. The van der Waals surface area contributed by atoms with Crippen molar-refractivity contribution in [2.45, 2.75) is 65.6 Å². The average Bonchev–Trinajstić information content (AvgIpc) is 3.54. The second-order valence-electron chi connectivity index (χ2n) is 10.7. The smallest absolute Gasteiger partial charge is 0.418 e. The SMILES string of the molecule is CCC(CC)C(c1ccc(Nc2ccc(CN3CCN(C(=O)OC(C)(C)C)C3=O)cc2)cc1)n1cncn1. The van der Waals surface area contributed by atoms with Gasteiger partial charge in [-0.2, -0.15) is 5.10 Å². The fourth-order valence-corrected chi connectivity index (χ4v) is 4.80. The number of amides is 3. The molecule has 1 fully saturated rings. The summed E-state index contributed by atoms with van der Waals surface area (Å²) in [6.45, 7) is 11.1. The molecule has 202 valence electrons. The fourth-order valence-electron chi connectivity index (χ4n) is 4.80. The number of anilines is 2. The van der Waals surface area contributed by atoms with E-state index in [0.717, 1.165) is 29.8 Å². The van der Waals surface area contributed by atoms with E-state index in [2.05, 4.69) is 53.5 Å². The lowest BCUT2D eigenvalue weighted by molar-refractivity contribution is 0.0347. The van der Waals surface area contributed by atoms with Crippen LogP contribution in [-0.2, 0) is 11.3 Å². The number of rotatable bonds is 9. The van der Waals surface area contributed by atoms with E-state index >= 15 is 0 Å². The second-order valence-corrected chi connectivity index (χ2v) is 10.7.